The molecule has 1 aliphatic rings. The predicted molar refractivity (Wildman–Crippen MR) is 115 cm³/mol. The first-order chi connectivity index (χ1) is 14.0. The minimum Gasteiger partial charge on any atom is -0.483 e. The molecule has 2 aromatic carbocycles. The molecule has 2 aromatic rings. The van der Waals surface area contributed by atoms with Crippen LogP contribution in [0.25, 0.3) is 0 Å². The number of amides is 2. The van der Waals surface area contributed by atoms with Crippen LogP contribution in [0.2, 0.25) is 10.0 Å². The van der Waals surface area contributed by atoms with Crippen LogP contribution in [-0.2, 0) is 11.2 Å². The molecule has 2 amide bonds. The zero-order valence-corrected chi connectivity index (χ0v) is 17.9. The van der Waals surface area contributed by atoms with Crippen LogP contribution in [-0.4, -0.2) is 54.4 Å². The van der Waals surface area contributed by atoms with Crippen molar-refractivity contribution >= 4 is 35.0 Å². The average molecular weight is 435 g/mol. The van der Waals surface area contributed by atoms with E-state index in [-0.39, 0.29) is 18.4 Å². The Morgan fingerprint density at radius 2 is 1.69 bits per heavy atom. The normalized spacial score (nSPS) is 14.4. The number of para-hydroxylation sites is 1. The first kappa shape index (κ1) is 21.5. The Kier molecular flexibility index (Phi) is 7.40. The molecule has 154 valence electrons. The molecule has 0 aromatic heterocycles. The van der Waals surface area contributed by atoms with Gasteiger partial charge in [-0.05, 0) is 42.7 Å². The van der Waals surface area contributed by atoms with Crippen molar-refractivity contribution in [2.24, 2.45) is 0 Å². The lowest BCUT2D eigenvalue weighted by Crippen LogP contribution is -2.39. The maximum absolute atomic E-state index is 12.8. The van der Waals surface area contributed by atoms with Gasteiger partial charge in [0.1, 0.15) is 5.75 Å². The topological polar surface area (TPSA) is 49.9 Å². The molecule has 0 radical (unpaired) electrons. The van der Waals surface area contributed by atoms with Crippen LogP contribution in [0.5, 0.6) is 5.75 Å². The van der Waals surface area contributed by atoms with Gasteiger partial charge in [-0.3, -0.25) is 9.59 Å². The first-order valence-electron chi connectivity index (χ1n) is 9.72. The smallest absolute Gasteiger partial charge is 0.260 e. The lowest BCUT2D eigenvalue weighted by Gasteiger charge is -2.22. The summed E-state index contributed by atoms with van der Waals surface area (Å²) in [5.74, 6) is 0.570. The van der Waals surface area contributed by atoms with Gasteiger partial charge >= 0.3 is 0 Å². The highest BCUT2D eigenvalue weighted by Crippen LogP contribution is 2.23. The minimum atomic E-state index is -0.106. The van der Waals surface area contributed by atoms with Gasteiger partial charge in [0.05, 0.1) is 10.0 Å². The van der Waals surface area contributed by atoms with Crippen molar-refractivity contribution in [1.82, 2.24) is 9.80 Å². The maximum Gasteiger partial charge on any atom is 0.260 e. The molecule has 1 fully saturated rings. The third-order valence-corrected chi connectivity index (χ3v) is 5.75. The van der Waals surface area contributed by atoms with Crippen LogP contribution in [0.3, 0.4) is 0 Å². The highest BCUT2D eigenvalue weighted by Gasteiger charge is 2.23. The summed E-state index contributed by atoms with van der Waals surface area (Å²) < 4.78 is 5.75. The number of carbonyl (C=O) groups is 2. The van der Waals surface area contributed by atoms with Gasteiger partial charge in [0.15, 0.2) is 6.61 Å². The van der Waals surface area contributed by atoms with Crippen LogP contribution in [0, 0.1) is 0 Å². The van der Waals surface area contributed by atoms with Crippen molar-refractivity contribution in [2.45, 2.75) is 19.8 Å². The lowest BCUT2D eigenvalue weighted by molar-refractivity contribution is -0.133. The summed E-state index contributed by atoms with van der Waals surface area (Å²) in [7, 11) is 0. The van der Waals surface area contributed by atoms with E-state index >= 15 is 0 Å². The van der Waals surface area contributed by atoms with Crippen LogP contribution >= 0.6 is 23.2 Å². The number of carbonyl (C=O) groups excluding carboxylic acids is 2. The third-order valence-electron chi connectivity index (χ3n) is 5.01. The molecule has 0 aliphatic carbocycles. The van der Waals surface area contributed by atoms with Gasteiger partial charge in [-0.15, -0.1) is 0 Å². The van der Waals surface area contributed by atoms with E-state index in [0.29, 0.717) is 48.2 Å². The van der Waals surface area contributed by atoms with Crippen molar-refractivity contribution in [3.63, 3.8) is 0 Å². The summed E-state index contributed by atoms with van der Waals surface area (Å²) in [5.41, 5.74) is 1.58. The zero-order valence-electron chi connectivity index (χ0n) is 16.4. The molecule has 1 aliphatic heterocycles. The molecule has 0 saturated carbocycles. The Labute approximate surface area is 181 Å². The van der Waals surface area contributed by atoms with Crippen molar-refractivity contribution in [3.8, 4) is 5.75 Å². The summed E-state index contributed by atoms with van der Waals surface area (Å²) in [6.07, 6.45) is 1.56. The summed E-state index contributed by atoms with van der Waals surface area (Å²) >= 11 is 12.0. The zero-order chi connectivity index (χ0) is 20.8. The second-order valence-electron chi connectivity index (χ2n) is 6.91. The monoisotopic (exact) mass is 434 g/mol. The van der Waals surface area contributed by atoms with Crippen LogP contribution in [0.1, 0.15) is 29.3 Å². The quantitative estimate of drug-likeness (QED) is 0.704. The van der Waals surface area contributed by atoms with Crippen molar-refractivity contribution in [1.29, 1.82) is 0 Å². The highest BCUT2D eigenvalue weighted by atomic mass is 35.5. The van der Waals surface area contributed by atoms with E-state index in [9.17, 15) is 9.59 Å². The number of aryl methyl sites for hydroxylation is 1. The van der Waals surface area contributed by atoms with Crippen molar-refractivity contribution in [3.05, 3.63) is 63.6 Å². The Hall–Kier alpha value is -2.24. The van der Waals surface area contributed by atoms with E-state index in [2.05, 4.69) is 6.92 Å². The second kappa shape index (κ2) is 9.99. The number of hydrogen-bond acceptors (Lipinski definition) is 3. The van der Waals surface area contributed by atoms with Gasteiger partial charge in [-0.1, -0.05) is 48.3 Å². The molecule has 7 heteroatoms. The summed E-state index contributed by atoms with van der Waals surface area (Å²) in [4.78, 5) is 28.9. The molecule has 0 spiro atoms. The van der Waals surface area contributed by atoms with Crippen LogP contribution < -0.4 is 4.74 Å². The number of ether oxygens (including phenoxy) is 1. The minimum absolute atomic E-state index is 0.00223. The first-order valence-corrected chi connectivity index (χ1v) is 10.5. The lowest BCUT2D eigenvalue weighted by atomic mass is 10.1. The molecular formula is C22H24Cl2N2O3. The van der Waals surface area contributed by atoms with E-state index in [0.717, 1.165) is 17.7 Å². The maximum atomic E-state index is 12.8. The number of benzene rings is 2. The number of rotatable bonds is 5. The number of nitrogens with zero attached hydrogens (tertiary/aromatic N) is 2. The SMILES string of the molecule is CCc1ccccc1OCC(=O)N1CCCN(C(=O)c2ccc(Cl)c(Cl)c2)CC1. The van der Waals surface area contributed by atoms with Crippen molar-refractivity contribution in [2.75, 3.05) is 32.8 Å². The predicted octanol–water partition coefficient (Wildman–Crippen LogP) is 4.31. The van der Waals surface area contributed by atoms with Crippen LogP contribution in [0.15, 0.2) is 42.5 Å². The summed E-state index contributed by atoms with van der Waals surface area (Å²) in [6, 6.07) is 12.6. The van der Waals surface area contributed by atoms with Gasteiger partial charge in [0, 0.05) is 31.7 Å². The molecule has 0 unspecified atom stereocenters. The summed E-state index contributed by atoms with van der Waals surface area (Å²) in [5, 5.41) is 0.772. The number of hydrogen-bond donors (Lipinski definition) is 0. The second-order valence-corrected chi connectivity index (χ2v) is 7.72. The third kappa shape index (κ3) is 5.43. The van der Waals surface area contributed by atoms with Gasteiger partial charge in [-0.25, -0.2) is 0 Å². The fourth-order valence-corrected chi connectivity index (χ4v) is 3.65. The molecule has 3 rings (SSSR count). The number of halogens is 2. The van der Waals surface area contributed by atoms with Gasteiger partial charge in [0.2, 0.25) is 0 Å². The molecule has 0 N–H and O–H groups in total. The van der Waals surface area contributed by atoms with Gasteiger partial charge < -0.3 is 14.5 Å². The molecule has 29 heavy (non-hydrogen) atoms. The molecule has 5 nitrogen and oxygen atoms in total. The Morgan fingerprint density at radius 1 is 0.966 bits per heavy atom. The van der Waals surface area contributed by atoms with Crippen LogP contribution in [0.4, 0.5) is 0 Å². The van der Waals surface area contributed by atoms with Crippen molar-refractivity contribution < 1.29 is 14.3 Å². The molecule has 0 atom stereocenters. The van der Waals surface area contributed by atoms with E-state index in [1.165, 1.54) is 0 Å². The highest BCUT2D eigenvalue weighted by molar-refractivity contribution is 6.42. The Balaban J connectivity index is 1.56. The van der Waals surface area contributed by atoms with E-state index in [1.54, 1.807) is 28.0 Å². The molecule has 1 heterocycles. The molecular weight excluding hydrogens is 411 g/mol. The largest absolute Gasteiger partial charge is 0.483 e. The summed E-state index contributed by atoms with van der Waals surface area (Å²) in [6.45, 7) is 4.18. The van der Waals surface area contributed by atoms with E-state index < -0.39 is 0 Å². The van der Waals surface area contributed by atoms with Gasteiger partial charge in [-0.2, -0.15) is 0 Å². The average Bonchev–Trinajstić information content (AvgIpc) is 3.00. The molecule has 1 saturated heterocycles. The molecule has 0 bridgehead atoms. The standard InChI is InChI=1S/C22H24Cl2N2O3/c1-2-16-6-3-4-7-20(16)29-15-21(27)25-10-5-11-26(13-12-25)22(28)17-8-9-18(23)19(24)14-17/h3-4,6-9,14H,2,5,10-13,15H2,1H3. The fourth-order valence-electron chi connectivity index (χ4n) is 3.35. The van der Waals surface area contributed by atoms with E-state index in [4.69, 9.17) is 27.9 Å². The van der Waals surface area contributed by atoms with Gasteiger partial charge in [0.25, 0.3) is 11.8 Å². The fraction of sp³-hybridized carbons (Fsp3) is 0.364. The van der Waals surface area contributed by atoms with E-state index in [1.807, 2.05) is 24.3 Å². The Morgan fingerprint density at radius 3 is 2.45 bits per heavy atom. The Bertz CT molecular complexity index is 888.